The summed E-state index contributed by atoms with van der Waals surface area (Å²) in [4.78, 5) is 13.6. The molecule has 22 heavy (non-hydrogen) atoms. The van der Waals surface area contributed by atoms with Gasteiger partial charge in [-0.15, -0.1) is 5.10 Å². The Hall–Kier alpha value is -2.95. The van der Waals surface area contributed by atoms with E-state index in [2.05, 4.69) is 10.2 Å². The molecule has 0 bridgehead atoms. The fraction of sp³-hybridized carbons (Fsp3) is 0.118. The van der Waals surface area contributed by atoms with Crippen LogP contribution in [0.4, 0.5) is 0 Å². The summed E-state index contributed by atoms with van der Waals surface area (Å²) < 4.78 is 5.29. The summed E-state index contributed by atoms with van der Waals surface area (Å²) in [5.74, 6) is -0.469. The van der Waals surface area contributed by atoms with Crippen molar-refractivity contribution in [2.75, 3.05) is 0 Å². The van der Waals surface area contributed by atoms with E-state index in [0.717, 1.165) is 11.3 Å². The molecule has 0 amide bonds. The number of esters is 1. The molecule has 0 N–H and O–H groups in total. The molecule has 0 fully saturated rings. The van der Waals surface area contributed by atoms with Crippen LogP contribution in [0.15, 0.2) is 60.7 Å². The molecule has 0 saturated carbocycles. The van der Waals surface area contributed by atoms with E-state index < -0.39 is 5.97 Å². The van der Waals surface area contributed by atoms with Gasteiger partial charge in [-0.25, -0.2) is 4.79 Å². The Kier molecular flexibility index (Phi) is 3.96. The van der Waals surface area contributed by atoms with Crippen molar-refractivity contribution in [1.29, 1.82) is 0 Å². The maximum absolute atomic E-state index is 12.1. The third-order valence-corrected chi connectivity index (χ3v) is 3.18. The maximum Gasteiger partial charge on any atom is 0.361 e. The van der Waals surface area contributed by atoms with Crippen LogP contribution in [0.25, 0.3) is 5.69 Å². The van der Waals surface area contributed by atoms with Gasteiger partial charge in [0.15, 0.2) is 5.69 Å². The van der Waals surface area contributed by atoms with E-state index >= 15 is 0 Å². The first-order valence-corrected chi connectivity index (χ1v) is 6.94. The minimum Gasteiger partial charge on any atom is -0.456 e. The van der Waals surface area contributed by atoms with Crippen molar-refractivity contribution in [2.45, 2.75) is 13.5 Å². The van der Waals surface area contributed by atoms with Gasteiger partial charge >= 0.3 is 5.97 Å². The van der Waals surface area contributed by atoms with Crippen molar-refractivity contribution >= 4 is 5.97 Å². The lowest BCUT2D eigenvalue weighted by Gasteiger charge is -2.02. The van der Waals surface area contributed by atoms with Crippen LogP contribution < -0.4 is 0 Å². The van der Waals surface area contributed by atoms with E-state index in [9.17, 15) is 4.79 Å². The van der Waals surface area contributed by atoms with Gasteiger partial charge in [-0.1, -0.05) is 48.5 Å². The Morgan fingerprint density at radius 2 is 1.64 bits per heavy atom. The second-order valence-electron chi connectivity index (χ2n) is 4.82. The number of rotatable bonds is 4. The van der Waals surface area contributed by atoms with Crippen LogP contribution in [-0.2, 0) is 11.3 Å². The number of aromatic nitrogens is 3. The highest BCUT2D eigenvalue weighted by atomic mass is 16.5. The predicted molar refractivity (Wildman–Crippen MR) is 81.7 cm³/mol. The minimum atomic E-state index is -0.469. The monoisotopic (exact) mass is 293 g/mol. The predicted octanol–water partition coefficient (Wildman–Crippen LogP) is 2.93. The molecule has 5 heteroatoms. The molecule has 3 aromatic rings. The molecule has 110 valence electrons. The fourth-order valence-electron chi connectivity index (χ4n) is 2.04. The van der Waals surface area contributed by atoms with E-state index in [1.54, 1.807) is 6.92 Å². The van der Waals surface area contributed by atoms with Crippen LogP contribution in [0.2, 0.25) is 0 Å². The molecule has 0 atom stereocenters. The van der Waals surface area contributed by atoms with Crippen LogP contribution in [0.5, 0.6) is 0 Å². The summed E-state index contributed by atoms with van der Waals surface area (Å²) >= 11 is 0. The Morgan fingerprint density at radius 3 is 2.32 bits per heavy atom. The van der Waals surface area contributed by atoms with Crippen molar-refractivity contribution < 1.29 is 9.53 Å². The second kappa shape index (κ2) is 6.22. The summed E-state index contributed by atoms with van der Waals surface area (Å²) in [6.45, 7) is 1.96. The van der Waals surface area contributed by atoms with E-state index in [-0.39, 0.29) is 12.3 Å². The van der Waals surface area contributed by atoms with Crippen molar-refractivity contribution in [3.05, 3.63) is 77.6 Å². The highest BCUT2D eigenvalue weighted by Crippen LogP contribution is 2.10. The lowest BCUT2D eigenvalue weighted by Crippen LogP contribution is -2.08. The van der Waals surface area contributed by atoms with Gasteiger partial charge in [0.05, 0.1) is 11.4 Å². The highest BCUT2D eigenvalue weighted by molar-refractivity contribution is 5.88. The normalized spacial score (nSPS) is 10.4. The van der Waals surface area contributed by atoms with Gasteiger partial charge in [0.25, 0.3) is 0 Å². The molecule has 3 rings (SSSR count). The molecule has 0 aliphatic rings. The molecule has 0 spiro atoms. The molecule has 0 aliphatic heterocycles. The summed E-state index contributed by atoms with van der Waals surface area (Å²) in [5, 5.41) is 8.48. The molecule has 0 aliphatic carbocycles. The average Bonchev–Trinajstić information content (AvgIpc) is 2.96. The number of aryl methyl sites for hydroxylation is 1. The molecule has 2 aromatic carbocycles. The smallest absolute Gasteiger partial charge is 0.361 e. The largest absolute Gasteiger partial charge is 0.456 e. The number of hydrogen-bond acceptors (Lipinski definition) is 4. The zero-order chi connectivity index (χ0) is 15.4. The molecule has 1 aromatic heterocycles. The molecule has 0 unspecified atom stereocenters. The third-order valence-electron chi connectivity index (χ3n) is 3.18. The lowest BCUT2D eigenvalue weighted by atomic mass is 10.2. The first-order valence-electron chi connectivity index (χ1n) is 6.94. The van der Waals surface area contributed by atoms with Gasteiger partial charge in [0.2, 0.25) is 0 Å². The summed E-state index contributed by atoms with van der Waals surface area (Å²) in [7, 11) is 0. The topological polar surface area (TPSA) is 57.0 Å². The average molecular weight is 293 g/mol. The Labute approximate surface area is 128 Å². The summed E-state index contributed by atoms with van der Waals surface area (Å²) in [5.41, 5.74) is 2.51. The van der Waals surface area contributed by atoms with Crippen LogP contribution in [0.1, 0.15) is 21.7 Å². The summed E-state index contributed by atoms with van der Waals surface area (Å²) in [6.07, 6.45) is 0. The van der Waals surface area contributed by atoms with Gasteiger partial charge in [0, 0.05) is 0 Å². The number of para-hydroxylation sites is 1. The maximum atomic E-state index is 12.1. The fourth-order valence-corrected chi connectivity index (χ4v) is 2.04. The SMILES string of the molecule is Cc1nn(-c2ccccc2)nc1C(=O)OCc1ccccc1. The van der Waals surface area contributed by atoms with Crippen molar-refractivity contribution in [3.8, 4) is 5.69 Å². The van der Waals surface area contributed by atoms with Crippen molar-refractivity contribution in [3.63, 3.8) is 0 Å². The van der Waals surface area contributed by atoms with Crippen molar-refractivity contribution in [2.24, 2.45) is 0 Å². The van der Waals surface area contributed by atoms with E-state index in [1.165, 1.54) is 4.80 Å². The van der Waals surface area contributed by atoms with E-state index in [4.69, 9.17) is 4.74 Å². The number of carbonyl (C=O) groups excluding carboxylic acids is 1. The highest BCUT2D eigenvalue weighted by Gasteiger charge is 2.17. The molecule has 0 radical (unpaired) electrons. The first kappa shape index (κ1) is 14.0. The van der Waals surface area contributed by atoms with Gasteiger partial charge in [-0.2, -0.15) is 9.90 Å². The van der Waals surface area contributed by atoms with Crippen LogP contribution in [0, 0.1) is 6.92 Å². The van der Waals surface area contributed by atoms with Crippen LogP contribution >= 0.6 is 0 Å². The number of hydrogen-bond donors (Lipinski definition) is 0. The Balaban J connectivity index is 1.74. The lowest BCUT2D eigenvalue weighted by molar-refractivity contribution is 0.0464. The summed E-state index contributed by atoms with van der Waals surface area (Å²) in [6, 6.07) is 19.0. The van der Waals surface area contributed by atoms with Crippen molar-refractivity contribution in [1.82, 2.24) is 15.0 Å². The van der Waals surface area contributed by atoms with Crippen LogP contribution in [0.3, 0.4) is 0 Å². The number of benzene rings is 2. The molecule has 1 heterocycles. The zero-order valence-corrected chi connectivity index (χ0v) is 12.1. The van der Waals surface area contributed by atoms with Gasteiger partial charge in [0.1, 0.15) is 6.61 Å². The number of carbonyl (C=O) groups is 1. The Morgan fingerprint density at radius 1 is 1.00 bits per heavy atom. The van der Waals surface area contributed by atoms with Gasteiger partial charge < -0.3 is 4.74 Å². The molecule has 5 nitrogen and oxygen atoms in total. The standard InChI is InChI=1S/C17H15N3O2/c1-13-16(17(21)22-12-14-8-4-2-5-9-14)19-20(18-13)15-10-6-3-7-11-15/h2-11H,12H2,1H3. The number of nitrogens with zero attached hydrogens (tertiary/aromatic N) is 3. The van der Waals surface area contributed by atoms with E-state index in [0.29, 0.717) is 5.69 Å². The number of ether oxygens (including phenoxy) is 1. The zero-order valence-electron chi connectivity index (χ0n) is 12.1. The molecule has 0 saturated heterocycles. The van der Waals surface area contributed by atoms with Crippen LogP contribution in [-0.4, -0.2) is 21.0 Å². The third kappa shape index (κ3) is 3.03. The molecular weight excluding hydrogens is 278 g/mol. The van der Waals surface area contributed by atoms with Gasteiger partial charge in [-0.05, 0) is 24.6 Å². The minimum absolute atomic E-state index is 0.220. The quantitative estimate of drug-likeness (QED) is 0.694. The first-order chi connectivity index (χ1) is 10.7. The van der Waals surface area contributed by atoms with E-state index in [1.807, 2.05) is 60.7 Å². The molecular formula is C17H15N3O2. The van der Waals surface area contributed by atoms with Gasteiger partial charge in [-0.3, -0.25) is 0 Å². The Bertz CT molecular complexity index is 767. The second-order valence-corrected chi connectivity index (χ2v) is 4.82.